The molecule has 0 spiro atoms. The zero-order valence-electron chi connectivity index (χ0n) is 13.2. The van der Waals surface area contributed by atoms with Crippen molar-refractivity contribution in [2.75, 3.05) is 0 Å². The molecule has 0 heterocycles. The fraction of sp³-hybridized carbons (Fsp3) is 0.143. The van der Waals surface area contributed by atoms with E-state index in [1.807, 2.05) is 0 Å². The molecule has 0 aliphatic carbocycles. The van der Waals surface area contributed by atoms with Crippen molar-refractivity contribution in [3.05, 3.63) is 96.6 Å². The molecule has 0 bridgehead atoms. The summed E-state index contributed by atoms with van der Waals surface area (Å²) in [5, 5.41) is 0. The van der Waals surface area contributed by atoms with Crippen LogP contribution in [0.3, 0.4) is 0 Å². The van der Waals surface area contributed by atoms with Gasteiger partial charge in [0.25, 0.3) is 0 Å². The Morgan fingerprint density at radius 2 is 1.00 bits per heavy atom. The van der Waals surface area contributed by atoms with Gasteiger partial charge in [0.05, 0.1) is 0 Å². The molecule has 0 fully saturated rings. The van der Waals surface area contributed by atoms with Crippen LogP contribution in [-0.4, -0.2) is 29.9 Å². The van der Waals surface area contributed by atoms with Crippen molar-refractivity contribution in [2.45, 2.75) is 16.6 Å². The van der Waals surface area contributed by atoms with Gasteiger partial charge in [-0.1, -0.05) is 0 Å². The van der Waals surface area contributed by atoms with E-state index in [-0.39, 0.29) is 0 Å². The van der Waals surface area contributed by atoms with E-state index in [1.165, 1.54) is 14.5 Å². The summed E-state index contributed by atoms with van der Waals surface area (Å²) in [4.78, 5) is 0. The summed E-state index contributed by atoms with van der Waals surface area (Å²) < 4.78 is 3.33. The van der Waals surface area contributed by atoms with Crippen molar-refractivity contribution in [2.24, 2.45) is 0 Å². The average Bonchev–Trinajstić information content (AvgIpc) is 2.57. The molecule has 3 aromatic carbocycles. The van der Waals surface area contributed by atoms with Gasteiger partial charge in [-0.2, -0.15) is 0 Å². The van der Waals surface area contributed by atoms with E-state index in [0.717, 1.165) is 6.42 Å². The van der Waals surface area contributed by atoms with E-state index in [0.29, 0.717) is 33.1 Å². The van der Waals surface area contributed by atoms with Crippen LogP contribution in [0.25, 0.3) is 0 Å². The summed E-state index contributed by atoms with van der Waals surface area (Å²) in [6, 6.07) is 32.9. The fourth-order valence-corrected chi connectivity index (χ4v) is 9.50. The third-order valence-corrected chi connectivity index (χ3v) is 9.89. The number of benzene rings is 3. The second kappa shape index (κ2) is 7.99. The van der Waals surface area contributed by atoms with E-state index in [1.54, 1.807) is 0 Å². The van der Waals surface area contributed by atoms with E-state index in [4.69, 9.17) is 0 Å². The molecule has 0 radical (unpaired) electrons. The topological polar surface area (TPSA) is 0 Å². The quantitative estimate of drug-likeness (QED) is 0.526. The number of rotatable bonds is 6. The molecule has 0 aromatic heterocycles. The Kier molecular flexibility index (Phi) is 5.75. The van der Waals surface area contributed by atoms with Gasteiger partial charge in [-0.15, -0.1) is 0 Å². The first-order valence-corrected chi connectivity index (χ1v) is 11.2. The molecule has 0 unspecified atom stereocenters. The maximum atomic E-state index is 2.47. The van der Waals surface area contributed by atoms with Gasteiger partial charge >= 0.3 is 152 Å². The molecule has 0 nitrogen and oxygen atoms in total. The van der Waals surface area contributed by atoms with Crippen LogP contribution in [-0.2, 0) is 6.42 Å². The summed E-state index contributed by atoms with van der Waals surface area (Å²) in [7, 11) is 0. The maximum absolute atomic E-state index is 2.47. The molecule has 116 valence electrons. The van der Waals surface area contributed by atoms with Crippen LogP contribution >= 0.6 is 0 Å². The molecule has 0 aliphatic rings. The zero-order valence-corrected chi connectivity index (χ0v) is 16.6. The summed E-state index contributed by atoms with van der Waals surface area (Å²) in [6.07, 6.45) is 1.15. The predicted molar refractivity (Wildman–Crippen MR) is 102 cm³/mol. The third-order valence-electron chi connectivity index (χ3n) is 3.52. The number of hydrogen-bond acceptors (Lipinski definition) is 0. The predicted octanol–water partition coefficient (Wildman–Crippen LogP) is 3.42. The van der Waals surface area contributed by atoms with Gasteiger partial charge in [-0.3, -0.25) is 0 Å². The van der Waals surface area contributed by atoms with Crippen LogP contribution in [0.4, 0.5) is 0 Å². The van der Waals surface area contributed by atoms with Gasteiger partial charge in [0, 0.05) is 0 Å². The standard InChI is InChI=1S/C21H20Se2/c1-21(17-18-11-5-2-6-12-18,22-19-13-7-3-8-14-19)23-20-15-9-4-10-16-20/h2-16H,17H2,1H3. The van der Waals surface area contributed by atoms with Gasteiger partial charge < -0.3 is 0 Å². The molecule has 2 heteroatoms. The average molecular weight is 430 g/mol. The van der Waals surface area contributed by atoms with Gasteiger partial charge in [0.1, 0.15) is 0 Å². The molecule has 0 atom stereocenters. The van der Waals surface area contributed by atoms with Crippen LogP contribution in [0.2, 0.25) is 3.21 Å². The van der Waals surface area contributed by atoms with E-state index in [2.05, 4.69) is 97.9 Å². The second-order valence-corrected chi connectivity index (χ2v) is 13.6. The molecule has 23 heavy (non-hydrogen) atoms. The van der Waals surface area contributed by atoms with Crippen LogP contribution in [0.5, 0.6) is 0 Å². The first-order chi connectivity index (χ1) is 11.2. The van der Waals surface area contributed by atoms with Crippen molar-refractivity contribution >= 4 is 38.8 Å². The van der Waals surface area contributed by atoms with Gasteiger partial charge in [0.15, 0.2) is 0 Å². The molecule has 0 amide bonds. The third kappa shape index (κ3) is 5.09. The van der Waals surface area contributed by atoms with Crippen LogP contribution in [0.15, 0.2) is 91.0 Å². The summed E-state index contributed by atoms with van der Waals surface area (Å²) in [6.45, 7) is 2.47. The summed E-state index contributed by atoms with van der Waals surface area (Å²) >= 11 is 0.917. The molecular formula is C21H20Se2. The molecule has 0 saturated heterocycles. The molecule has 0 N–H and O–H groups in total. The van der Waals surface area contributed by atoms with Gasteiger partial charge in [-0.05, 0) is 0 Å². The molecule has 0 saturated carbocycles. The molecular weight excluding hydrogens is 410 g/mol. The first-order valence-electron chi connectivity index (χ1n) is 7.76. The van der Waals surface area contributed by atoms with Crippen LogP contribution in [0, 0.1) is 0 Å². The van der Waals surface area contributed by atoms with E-state index < -0.39 is 0 Å². The zero-order chi connectivity index (χ0) is 16.0. The fourth-order valence-electron chi connectivity index (χ4n) is 2.54. The van der Waals surface area contributed by atoms with Crippen molar-refractivity contribution in [1.29, 1.82) is 0 Å². The minimum atomic E-state index is 0.337. The Bertz CT molecular complexity index is 607. The Morgan fingerprint density at radius 1 is 0.609 bits per heavy atom. The molecule has 3 aromatic rings. The van der Waals surface area contributed by atoms with Gasteiger partial charge in [0.2, 0.25) is 0 Å². The van der Waals surface area contributed by atoms with Crippen molar-refractivity contribution in [3.63, 3.8) is 0 Å². The normalized spacial score (nSPS) is 11.3. The Morgan fingerprint density at radius 3 is 1.43 bits per heavy atom. The molecule has 3 rings (SSSR count). The SMILES string of the molecule is CC(Cc1ccccc1)([Se]c1ccccc1)[Se]c1ccccc1. The second-order valence-electron chi connectivity index (χ2n) is 5.63. The summed E-state index contributed by atoms with van der Waals surface area (Å²) in [5.74, 6) is 0. The van der Waals surface area contributed by atoms with E-state index in [9.17, 15) is 0 Å². The van der Waals surface area contributed by atoms with Crippen LogP contribution < -0.4 is 8.92 Å². The monoisotopic (exact) mass is 432 g/mol. The summed E-state index contributed by atoms with van der Waals surface area (Å²) in [5.41, 5.74) is 1.45. The number of hydrogen-bond donors (Lipinski definition) is 0. The minimum absolute atomic E-state index is 0.337. The Labute approximate surface area is 151 Å². The first kappa shape index (κ1) is 16.6. The van der Waals surface area contributed by atoms with Crippen LogP contribution in [0.1, 0.15) is 12.5 Å². The molecule has 0 aliphatic heterocycles. The Balaban J connectivity index is 1.85. The van der Waals surface area contributed by atoms with Crippen molar-refractivity contribution in [3.8, 4) is 0 Å². The van der Waals surface area contributed by atoms with Gasteiger partial charge in [-0.25, -0.2) is 0 Å². The Hall–Kier alpha value is -1.30. The van der Waals surface area contributed by atoms with Crippen molar-refractivity contribution < 1.29 is 0 Å². The van der Waals surface area contributed by atoms with E-state index >= 15 is 0 Å². The van der Waals surface area contributed by atoms with Crippen molar-refractivity contribution in [1.82, 2.24) is 0 Å².